The third-order valence-electron chi connectivity index (χ3n) is 12.5. The molecule has 0 bridgehead atoms. The molecule has 0 spiro atoms. The van der Waals surface area contributed by atoms with E-state index in [1.54, 1.807) is 0 Å². The predicted molar refractivity (Wildman–Crippen MR) is 261 cm³/mol. The van der Waals surface area contributed by atoms with Crippen LogP contribution in [-0.2, 0) is 0 Å². The third-order valence-corrected chi connectivity index (χ3v) is 13.7. The molecule has 0 amide bonds. The van der Waals surface area contributed by atoms with Crippen molar-refractivity contribution < 1.29 is 9.47 Å². The molecule has 13 rings (SSSR count). The second kappa shape index (κ2) is 13.9. The highest BCUT2D eigenvalue weighted by Crippen LogP contribution is 2.49. The van der Waals surface area contributed by atoms with Crippen molar-refractivity contribution in [2.45, 2.75) is 0 Å². The summed E-state index contributed by atoms with van der Waals surface area (Å²) in [5.41, 5.74) is 9.81. The molecular weight excluding hydrogens is 776 g/mol. The van der Waals surface area contributed by atoms with Gasteiger partial charge >= 0.3 is 0 Å². The summed E-state index contributed by atoms with van der Waals surface area (Å²) in [5, 5.41) is 7.07. The van der Waals surface area contributed by atoms with E-state index < -0.39 is 0 Å². The Bertz CT molecular complexity index is 3520. The summed E-state index contributed by atoms with van der Waals surface area (Å²) < 4.78 is 16.7. The normalized spacial score (nSPS) is 12.4. The second-order valence-electron chi connectivity index (χ2n) is 15.9. The van der Waals surface area contributed by atoms with E-state index in [1.165, 1.54) is 20.2 Å². The standard InChI is InChI=1S/C56H35BN2O2S/c1-4-18-36(19-5-1)58(37-20-6-2-7-21-37)45-34-49-54(41-26-12-10-24-39(41)45)57-55-42-27-13-11-25-40(42)46(35-50(55)61-48-31-17-30-47(60-49)56(48)57)59(38-22-8-3-9-23-38)44-29-16-33-52-53(44)43-28-14-15-32-51(43)62-52/h1-35H. The van der Waals surface area contributed by atoms with Gasteiger partial charge in [-0.2, -0.15) is 0 Å². The van der Waals surface area contributed by atoms with Gasteiger partial charge in [0.05, 0.1) is 17.1 Å². The molecule has 11 aromatic rings. The van der Waals surface area contributed by atoms with Crippen molar-refractivity contribution in [3.63, 3.8) is 0 Å². The van der Waals surface area contributed by atoms with Crippen LogP contribution in [0.3, 0.4) is 0 Å². The van der Waals surface area contributed by atoms with Crippen LogP contribution in [-0.4, -0.2) is 6.71 Å². The molecule has 4 nitrogen and oxygen atoms in total. The first-order valence-corrected chi connectivity index (χ1v) is 21.9. The lowest BCUT2D eigenvalue weighted by molar-refractivity contribution is 0.465. The van der Waals surface area contributed by atoms with Crippen molar-refractivity contribution in [1.29, 1.82) is 0 Å². The molecule has 3 heterocycles. The molecule has 0 saturated heterocycles. The Labute approximate surface area is 363 Å². The van der Waals surface area contributed by atoms with Gasteiger partial charge < -0.3 is 19.3 Å². The highest BCUT2D eigenvalue weighted by atomic mass is 32.1. The fourth-order valence-electron chi connectivity index (χ4n) is 10.0. The van der Waals surface area contributed by atoms with Crippen LogP contribution >= 0.6 is 11.3 Å². The molecule has 2 aliphatic heterocycles. The third kappa shape index (κ3) is 5.27. The Hall–Kier alpha value is -7.80. The molecule has 62 heavy (non-hydrogen) atoms. The van der Waals surface area contributed by atoms with Gasteiger partial charge in [0.25, 0.3) is 6.71 Å². The molecule has 0 fully saturated rings. The largest absolute Gasteiger partial charge is 0.458 e. The molecule has 0 aliphatic carbocycles. The first-order valence-electron chi connectivity index (χ1n) is 21.0. The maximum absolute atomic E-state index is 7.13. The number of thiophene rings is 1. The molecule has 0 radical (unpaired) electrons. The summed E-state index contributed by atoms with van der Waals surface area (Å²) in [6.07, 6.45) is 0. The van der Waals surface area contributed by atoms with E-state index in [4.69, 9.17) is 9.47 Å². The summed E-state index contributed by atoms with van der Waals surface area (Å²) in [7, 11) is 0. The van der Waals surface area contributed by atoms with Gasteiger partial charge in [-0.05, 0) is 88.4 Å². The highest BCUT2D eigenvalue weighted by Gasteiger charge is 2.43. The number of benzene rings is 10. The van der Waals surface area contributed by atoms with Crippen molar-refractivity contribution >= 4 is 110 Å². The first kappa shape index (κ1) is 35.0. The predicted octanol–water partition coefficient (Wildman–Crippen LogP) is 14.0. The number of ether oxygens (including phenoxy) is 2. The van der Waals surface area contributed by atoms with E-state index in [0.29, 0.717) is 0 Å². The van der Waals surface area contributed by atoms with Crippen molar-refractivity contribution in [3.8, 4) is 23.0 Å². The van der Waals surface area contributed by atoms with Gasteiger partial charge in [0.15, 0.2) is 0 Å². The van der Waals surface area contributed by atoms with Crippen molar-refractivity contribution in [2.24, 2.45) is 0 Å². The van der Waals surface area contributed by atoms with Gasteiger partial charge in [0.2, 0.25) is 0 Å². The summed E-state index contributed by atoms with van der Waals surface area (Å²) in [6.45, 7) is -0.164. The minimum atomic E-state index is -0.164. The van der Waals surface area contributed by atoms with E-state index in [0.717, 1.165) is 95.1 Å². The van der Waals surface area contributed by atoms with E-state index >= 15 is 0 Å². The maximum atomic E-state index is 7.13. The first-order chi connectivity index (χ1) is 30.8. The lowest BCUT2D eigenvalue weighted by Crippen LogP contribution is -2.58. The molecule has 6 heteroatoms. The van der Waals surface area contributed by atoms with Gasteiger partial charge in [-0.15, -0.1) is 11.3 Å². The molecule has 290 valence electrons. The average Bonchev–Trinajstić information content (AvgIpc) is 3.72. The number of hydrogen-bond donors (Lipinski definition) is 0. The van der Waals surface area contributed by atoms with Gasteiger partial charge in [-0.3, -0.25) is 0 Å². The minimum Gasteiger partial charge on any atom is -0.458 e. The van der Waals surface area contributed by atoms with Crippen LogP contribution in [0.5, 0.6) is 23.0 Å². The van der Waals surface area contributed by atoms with Crippen LogP contribution in [0.25, 0.3) is 41.7 Å². The number of nitrogens with zero attached hydrogens (tertiary/aromatic N) is 2. The van der Waals surface area contributed by atoms with Crippen LogP contribution < -0.4 is 35.7 Å². The molecule has 0 saturated carbocycles. The van der Waals surface area contributed by atoms with Gasteiger partial charge in [-0.25, -0.2) is 0 Å². The van der Waals surface area contributed by atoms with Crippen LogP contribution in [0.1, 0.15) is 0 Å². The number of para-hydroxylation sites is 3. The van der Waals surface area contributed by atoms with Gasteiger partial charge in [-0.1, -0.05) is 133 Å². The SMILES string of the molecule is c1ccc(N(c2ccccc2)c2cc3c(c4ccccc24)B2c4c(cccc4Oc4cc(N(c5ccccc5)c5cccc6sc7ccccc7c56)c5ccccc5c42)O3)cc1. The van der Waals surface area contributed by atoms with E-state index in [2.05, 4.69) is 216 Å². The monoisotopic (exact) mass is 810 g/mol. The summed E-state index contributed by atoms with van der Waals surface area (Å²) >= 11 is 1.84. The molecule has 0 atom stereocenters. The van der Waals surface area contributed by atoms with Crippen LogP contribution in [0.15, 0.2) is 212 Å². The molecular formula is C56H35BN2O2S. The lowest BCUT2D eigenvalue weighted by atomic mass is 9.33. The van der Waals surface area contributed by atoms with Gasteiger partial charge in [0.1, 0.15) is 23.0 Å². The Morgan fingerprint density at radius 2 is 0.758 bits per heavy atom. The van der Waals surface area contributed by atoms with Crippen molar-refractivity contribution in [2.75, 3.05) is 9.80 Å². The van der Waals surface area contributed by atoms with Crippen molar-refractivity contribution in [1.82, 2.24) is 0 Å². The van der Waals surface area contributed by atoms with Crippen LogP contribution in [0.4, 0.5) is 34.1 Å². The number of fused-ring (bicyclic) bond motifs is 11. The fourth-order valence-corrected chi connectivity index (χ4v) is 11.1. The zero-order valence-corrected chi connectivity index (χ0v) is 34.2. The van der Waals surface area contributed by atoms with Crippen LogP contribution in [0, 0.1) is 0 Å². The van der Waals surface area contributed by atoms with E-state index in [-0.39, 0.29) is 6.71 Å². The Morgan fingerprint density at radius 1 is 0.323 bits per heavy atom. The quantitative estimate of drug-likeness (QED) is 0.156. The summed E-state index contributed by atoms with van der Waals surface area (Å²) in [5.74, 6) is 3.31. The zero-order valence-electron chi connectivity index (χ0n) is 33.4. The Morgan fingerprint density at radius 3 is 1.32 bits per heavy atom. The lowest BCUT2D eigenvalue weighted by Gasteiger charge is -2.37. The van der Waals surface area contributed by atoms with E-state index in [1.807, 2.05) is 17.4 Å². The summed E-state index contributed by atoms with van der Waals surface area (Å²) in [4.78, 5) is 4.77. The minimum absolute atomic E-state index is 0.164. The second-order valence-corrected chi connectivity index (χ2v) is 17.0. The van der Waals surface area contributed by atoms with Crippen molar-refractivity contribution in [3.05, 3.63) is 212 Å². The molecule has 2 aliphatic rings. The van der Waals surface area contributed by atoms with Gasteiger partial charge in [0, 0.05) is 65.6 Å². The van der Waals surface area contributed by atoms with E-state index in [9.17, 15) is 0 Å². The smallest absolute Gasteiger partial charge is 0.262 e. The zero-order chi connectivity index (χ0) is 40.7. The average molecular weight is 811 g/mol. The van der Waals surface area contributed by atoms with Crippen LogP contribution in [0.2, 0.25) is 0 Å². The Balaban J connectivity index is 1.09. The molecule has 0 N–H and O–H groups in total. The number of hydrogen-bond acceptors (Lipinski definition) is 5. The molecule has 1 aromatic heterocycles. The topological polar surface area (TPSA) is 24.9 Å². The molecule has 0 unspecified atom stereocenters. The Kier molecular flexibility index (Phi) is 7.84. The highest BCUT2D eigenvalue weighted by molar-refractivity contribution is 7.26. The number of rotatable bonds is 6. The number of anilines is 6. The molecule has 10 aromatic carbocycles. The fraction of sp³-hybridized carbons (Fsp3) is 0. The summed E-state index contributed by atoms with van der Waals surface area (Å²) in [6, 6.07) is 75.8. The maximum Gasteiger partial charge on any atom is 0.262 e.